The highest BCUT2D eigenvalue weighted by Crippen LogP contribution is 2.14. The molecule has 1 aliphatic rings. The molecule has 0 spiro atoms. The topological polar surface area (TPSA) is 95.7 Å². The van der Waals surface area contributed by atoms with Gasteiger partial charge in [0.25, 0.3) is 5.69 Å². The summed E-state index contributed by atoms with van der Waals surface area (Å²) in [5.74, 6) is -0.119. The Morgan fingerprint density at radius 1 is 1.45 bits per heavy atom. The minimum Gasteiger partial charge on any atom is -0.390 e. The smallest absolute Gasteiger partial charge is 0.269 e. The molecule has 0 unspecified atom stereocenters. The number of β-amino-alcohol motifs (C(OH)–C–C–N with tert-alkyl or cyclic N) is 1. The van der Waals surface area contributed by atoms with E-state index in [2.05, 4.69) is 5.32 Å². The van der Waals surface area contributed by atoms with E-state index >= 15 is 0 Å². The van der Waals surface area contributed by atoms with E-state index in [1.807, 2.05) is 0 Å². The number of nitrogens with one attached hydrogen (secondary N) is 1. The number of rotatable bonds is 4. The number of non-ortho nitro benzene ring substituents is 1. The number of likely N-dealkylation sites (N-methyl/N-ethyl adjacent to an activating group) is 1. The summed E-state index contributed by atoms with van der Waals surface area (Å²) < 4.78 is 0. The molecule has 1 aliphatic heterocycles. The molecule has 0 saturated carbocycles. The SMILES string of the molecule is CN(C(=O)Cc1ccc([N+](=O)[O-])cc1)[C@H]1CNC[C@@H]1O. The van der Waals surface area contributed by atoms with Crippen molar-refractivity contribution in [3.63, 3.8) is 0 Å². The fourth-order valence-electron chi connectivity index (χ4n) is 2.27. The van der Waals surface area contributed by atoms with Gasteiger partial charge >= 0.3 is 0 Å². The van der Waals surface area contributed by atoms with Gasteiger partial charge in [-0.2, -0.15) is 0 Å². The number of carbonyl (C=O) groups is 1. The van der Waals surface area contributed by atoms with Gasteiger partial charge in [-0.1, -0.05) is 12.1 Å². The second-order valence-corrected chi connectivity index (χ2v) is 4.90. The van der Waals surface area contributed by atoms with Crippen molar-refractivity contribution in [3.05, 3.63) is 39.9 Å². The largest absolute Gasteiger partial charge is 0.390 e. The summed E-state index contributed by atoms with van der Waals surface area (Å²) >= 11 is 0. The molecule has 0 aliphatic carbocycles. The Morgan fingerprint density at radius 2 is 2.10 bits per heavy atom. The first-order valence-corrected chi connectivity index (χ1v) is 6.37. The Morgan fingerprint density at radius 3 is 2.60 bits per heavy atom. The highest BCUT2D eigenvalue weighted by molar-refractivity contribution is 5.79. The molecule has 1 amide bonds. The predicted octanol–water partition coefficient (Wildman–Crippen LogP) is -0.0716. The molecule has 20 heavy (non-hydrogen) atoms. The third-order valence-electron chi connectivity index (χ3n) is 3.54. The van der Waals surface area contributed by atoms with Crippen LogP contribution < -0.4 is 5.32 Å². The summed E-state index contributed by atoms with van der Waals surface area (Å²) in [6.45, 7) is 1.06. The number of nitro benzene ring substituents is 1. The van der Waals surface area contributed by atoms with Gasteiger partial charge in [0.1, 0.15) is 0 Å². The summed E-state index contributed by atoms with van der Waals surface area (Å²) in [5.41, 5.74) is 0.720. The van der Waals surface area contributed by atoms with Gasteiger partial charge in [-0.3, -0.25) is 14.9 Å². The lowest BCUT2D eigenvalue weighted by Crippen LogP contribution is -2.44. The van der Waals surface area contributed by atoms with Crippen LogP contribution in [0, 0.1) is 10.1 Å². The van der Waals surface area contributed by atoms with Crippen LogP contribution in [0.1, 0.15) is 5.56 Å². The van der Waals surface area contributed by atoms with E-state index in [1.165, 1.54) is 17.0 Å². The third-order valence-corrected chi connectivity index (χ3v) is 3.54. The Labute approximate surface area is 116 Å². The molecule has 0 radical (unpaired) electrons. The standard InChI is InChI=1S/C13H17N3O4/c1-15(11-7-14-8-12(11)17)13(18)6-9-2-4-10(5-3-9)16(19)20/h2-5,11-12,14,17H,6-8H2,1H3/t11-,12-/m0/s1. The van der Waals surface area contributed by atoms with Gasteiger partial charge in [-0.05, 0) is 5.56 Å². The monoisotopic (exact) mass is 279 g/mol. The third kappa shape index (κ3) is 3.12. The summed E-state index contributed by atoms with van der Waals surface area (Å²) in [6, 6.07) is 5.70. The summed E-state index contributed by atoms with van der Waals surface area (Å²) in [6.07, 6.45) is -0.390. The summed E-state index contributed by atoms with van der Waals surface area (Å²) in [4.78, 5) is 23.7. The maximum absolute atomic E-state index is 12.1. The Bertz CT molecular complexity index is 503. The average Bonchev–Trinajstić information content (AvgIpc) is 2.84. The number of hydrogen-bond donors (Lipinski definition) is 2. The van der Waals surface area contributed by atoms with Crippen LogP contribution in [0.15, 0.2) is 24.3 Å². The van der Waals surface area contributed by atoms with E-state index in [0.717, 1.165) is 0 Å². The van der Waals surface area contributed by atoms with Gasteiger partial charge in [0.2, 0.25) is 5.91 Å². The second kappa shape index (κ2) is 5.98. The van der Waals surface area contributed by atoms with Crippen LogP contribution in [0.3, 0.4) is 0 Å². The van der Waals surface area contributed by atoms with Gasteiger partial charge in [-0.25, -0.2) is 0 Å². The van der Waals surface area contributed by atoms with Crippen molar-refractivity contribution in [3.8, 4) is 0 Å². The lowest BCUT2D eigenvalue weighted by molar-refractivity contribution is -0.384. The molecular weight excluding hydrogens is 262 g/mol. The number of benzene rings is 1. The minimum atomic E-state index is -0.555. The van der Waals surface area contributed by atoms with E-state index in [4.69, 9.17) is 0 Å². The minimum absolute atomic E-state index is 0.00460. The first-order chi connectivity index (χ1) is 9.49. The fraction of sp³-hybridized carbons (Fsp3) is 0.462. The lowest BCUT2D eigenvalue weighted by Gasteiger charge is -2.26. The van der Waals surface area contributed by atoms with Gasteiger partial charge in [-0.15, -0.1) is 0 Å². The first-order valence-electron chi connectivity index (χ1n) is 6.37. The van der Waals surface area contributed by atoms with Crippen molar-refractivity contribution in [2.75, 3.05) is 20.1 Å². The van der Waals surface area contributed by atoms with Crippen LogP contribution in [-0.4, -0.2) is 53.1 Å². The highest BCUT2D eigenvalue weighted by Gasteiger charge is 2.30. The van der Waals surface area contributed by atoms with Crippen LogP contribution in [-0.2, 0) is 11.2 Å². The van der Waals surface area contributed by atoms with E-state index in [1.54, 1.807) is 19.2 Å². The first kappa shape index (κ1) is 14.4. The van der Waals surface area contributed by atoms with Crippen molar-refractivity contribution in [2.45, 2.75) is 18.6 Å². The number of aliphatic hydroxyl groups is 1. The molecule has 7 nitrogen and oxygen atoms in total. The van der Waals surface area contributed by atoms with Crippen molar-refractivity contribution in [1.82, 2.24) is 10.2 Å². The van der Waals surface area contributed by atoms with Gasteiger partial charge in [0.15, 0.2) is 0 Å². The molecule has 2 rings (SSSR count). The average molecular weight is 279 g/mol. The van der Waals surface area contributed by atoms with Crippen LogP contribution in [0.4, 0.5) is 5.69 Å². The second-order valence-electron chi connectivity index (χ2n) is 4.90. The molecule has 1 fully saturated rings. The van der Waals surface area contributed by atoms with E-state index in [0.29, 0.717) is 18.7 Å². The molecule has 1 heterocycles. The van der Waals surface area contributed by atoms with Crippen molar-refractivity contribution < 1.29 is 14.8 Å². The fourth-order valence-corrected chi connectivity index (χ4v) is 2.27. The molecule has 108 valence electrons. The zero-order valence-electron chi connectivity index (χ0n) is 11.2. The Kier molecular flexibility index (Phi) is 4.31. The molecule has 2 atom stereocenters. The number of carbonyl (C=O) groups excluding carboxylic acids is 1. The number of hydrogen-bond acceptors (Lipinski definition) is 5. The van der Waals surface area contributed by atoms with E-state index in [-0.39, 0.29) is 24.1 Å². The van der Waals surface area contributed by atoms with Crippen LogP contribution in [0.25, 0.3) is 0 Å². The summed E-state index contributed by atoms with van der Waals surface area (Å²) in [5, 5.41) is 23.3. The van der Waals surface area contributed by atoms with Crippen LogP contribution in [0.5, 0.6) is 0 Å². The molecule has 0 aromatic heterocycles. The zero-order chi connectivity index (χ0) is 14.7. The van der Waals surface area contributed by atoms with Crippen LogP contribution in [0.2, 0.25) is 0 Å². The van der Waals surface area contributed by atoms with Crippen molar-refractivity contribution in [1.29, 1.82) is 0 Å². The molecule has 1 aromatic carbocycles. The Balaban J connectivity index is 1.98. The molecule has 2 N–H and O–H groups in total. The lowest BCUT2D eigenvalue weighted by atomic mass is 10.1. The molecule has 1 aromatic rings. The molecule has 1 saturated heterocycles. The van der Waals surface area contributed by atoms with Crippen molar-refractivity contribution in [2.24, 2.45) is 0 Å². The van der Waals surface area contributed by atoms with Gasteiger partial charge < -0.3 is 15.3 Å². The van der Waals surface area contributed by atoms with E-state index in [9.17, 15) is 20.0 Å². The number of nitrogens with zero attached hydrogens (tertiary/aromatic N) is 2. The van der Waals surface area contributed by atoms with Crippen LogP contribution >= 0.6 is 0 Å². The quantitative estimate of drug-likeness (QED) is 0.594. The Hall–Kier alpha value is -1.99. The number of nitro groups is 1. The molecule has 7 heteroatoms. The highest BCUT2D eigenvalue weighted by atomic mass is 16.6. The number of amides is 1. The maximum Gasteiger partial charge on any atom is 0.269 e. The normalized spacial score (nSPS) is 21.7. The van der Waals surface area contributed by atoms with Gasteiger partial charge in [0.05, 0.1) is 23.5 Å². The zero-order valence-corrected chi connectivity index (χ0v) is 11.2. The van der Waals surface area contributed by atoms with E-state index < -0.39 is 11.0 Å². The summed E-state index contributed by atoms with van der Waals surface area (Å²) in [7, 11) is 1.66. The van der Waals surface area contributed by atoms with Crippen molar-refractivity contribution >= 4 is 11.6 Å². The number of aliphatic hydroxyl groups excluding tert-OH is 1. The molecule has 0 bridgehead atoms. The predicted molar refractivity (Wildman–Crippen MR) is 72.2 cm³/mol. The van der Waals surface area contributed by atoms with Gasteiger partial charge in [0, 0.05) is 32.3 Å². The maximum atomic E-state index is 12.1. The molecular formula is C13H17N3O4.